The van der Waals surface area contributed by atoms with E-state index < -0.39 is 17.5 Å². The van der Waals surface area contributed by atoms with E-state index >= 15 is 0 Å². The minimum atomic E-state index is -1.08. The van der Waals surface area contributed by atoms with Crippen LogP contribution in [0.2, 0.25) is 0 Å². The number of nitrogens with one attached hydrogen (secondary N) is 2. The first-order valence-electron chi connectivity index (χ1n) is 7.98. The highest BCUT2D eigenvalue weighted by atomic mass is 16.5. The van der Waals surface area contributed by atoms with Gasteiger partial charge in [-0.05, 0) is 25.7 Å². The zero-order valence-electron chi connectivity index (χ0n) is 13.0. The molecule has 0 heterocycles. The Hall–Kier alpha value is -1.30. The smallest absolute Gasteiger partial charge is 0.329 e. The molecule has 1 fully saturated rings. The van der Waals surface area contributed by atoms with E-state index in [2.05, 4.69) is 17.6 Å². The Balaban J connectivity index is 2.21. The number of amides is 2. The van der Waals surface area contributed by atoms with Crippen LogP contribution in [0.15, 0.2) is 0 Å². The second-order valence-electron chi connectivity index (χ2n) is 5.65. The molecule has 3 N–H and O–H groups in total. The average molecular weight is 300 g/mol. The molecule has 1 rings (SSSR count). The summed E-state index contributed by atoms with van der Waals surface area (Å²) in [6, 6.07) is -0.396. The van der Waals surface area contributed by atoms with Crippen molar-refractivity contribution in [3.8, 4) is 0 Å². The molecule has 1 saturated carbocycles. The molecule has 1 aliphatic carbocycles. The van der Waals surface area contributed by atoms with Crippen molar-refractivity contribution >= 4 is 12.0 Å². The number of hydrogen-bond donors (Lipinski definition) is 3. The van der Waals surface area contributed by atoms with E-state index in [1.165, 1.54) is 0 Å². The van der Waals surface area contributed by atoms with Crippen LogP contribution in [-0.2, 0) is 9.53 Å². The third kappa shape index (κ3) is 6.33. The minimum Gasteiger partial charge on any atom is -0.480 e. The molecule has 1 aliphatic rings. The van der Waals surface area contributed by atoms with Crippen LogP contribution < -0.4 is 10.6 Å². The third-order valence-corrected chi connectivity index (χ3v) is 3.86. The molecule has 0 aromatic carbocycles. The van der Waals surface area contributed by atoms with Gasteiger partial charge in [0.15, 0.2) is 0 Å². The van der Waals surface area contributed by atoms with E-state index in [4.69, 9.17) is 4.74 Å². The average Bonchev–Trinajstić information content (AvgIpc) is 2.47. The molecular weight excluding hydrogens is 272 g/mol. The first-order chi connectivity index (χ1) is 10.1. The number of carboxylic acids is 1. The monoisotopic (exact) mass is 300 g/mol. The van der Waals surface area contributed by atoms with E-state index in [0.29, 0.717) is 26.0 Å². The van der Waals surface area contributed by atoms with Gasteiger partial charge in [0.25, 0.3) is 0 Å². The van der Waals surface area contributed by atoms with Gasteiger partial charge in [-0.25, -0.2) is 9.59 Å². The van der Waals surface area contributed by atoms with Crippen molar-refractivity contribution < 1.29 is 19.4 Å². The van der Waals surface area contributed by atoms with Gasteiger partial charge >= 0.3 is 12.0 Å². The summed E-state index contributed by atoms with van der Waals surface area (Å²) in [5.41, 5.74) is -1.08. The van der Waals surface area contributed by atoms with Gasteiger partial charge in [-0.3, -0.25) is 0 Å². The van der Waals surface area contributed by atoms with Crippen molar-refractivity contribution in [1.29, 1.82) is 0 Å². The van der Waals surface area contributed by atoms with Crippen LogP contribution in [0.25, 0.3) is 0 Å². The van der Waals surface area contributed by atoms with Crippen LogP contribution in [0.1, 0.15) is 58.3 Å². The van der Waals surface area contributed by atoms with Crippen LogP contribution in [0.4, 0.5) is 4.79 Å². The maximum atomic E-state index is 11.8. The fraction of sp³-hybridized carbons (Fsp3) is 0.867. The predicted molar refractivity (Wildman–Crippen MR) is 80.3 cm³/mol. The van der Waals surface area contributed by atoms with Crippen molar-refractivity contribution in [3.63, 3.8) is 0 Å². The van der Waals surface area contributed by atoms with Crippen LogP contribution >= 0.6 is 0 Å². The van der Waals surface area contributed by atoms with E-state index in [0.717, 1.165) is 45.1 Å². The number of rotatable bonds is 9. The van der Waals surface area contributed by atoms with Crippen LogP contribution in [0.3, 0.4) is 0 Å². The number of carboxylic acid groups (broad SMARTS) is 1. The lowest BCUT2D eigenvalue weighted by Crippen LogP contribution is -2.58. The molecule has 21 heavy (non-hydrogen) atoms. The highest BCUT2D eigenvalue weighted by Gasteiger charge is 2.40. The Kier molecular flexibility index (Phi) is 8.12. The highest BCUT2D eigenvalue weighted by molar-refractivity contribution is 5.86. The fourth-order valence-electron chi connectivity index (χ4n) is 2.53. The van der Waals surface area contributed by atoms with Crippen molar-refractivity contribution in [3.05, 3.63) is 0 Å². The van der Waals surface area contributed by atoms with E-state index in [1.54, 1.807) is 0 Å². The third-order valence-electron chi connectivity index (χ3n) is 3.86. The van der Waals surface area contributed by atoms with E-state index in [-0.39, 0.29) is 0 Å². The van der Waals surface area contributed by atoms with E-state index in [9.17, 15) is 14.7 Å². The van der Waals surface area contributed by atoms with Crippen LogP contribution in [0.5, 0.6) is 0 Å². The molecule has 0 radical (unpaired) electrons. The molecular formula is C15H28N2O4. The normalized spacial score (nSPS) is 17.2. The largest absolute Gasteiger partial charge is 0.480 e. The number of urea groups is 1. The fourth-order valence-corrected chi connectivity index (χ4v) is 2.53. The van der Waals surface area contributed by atoms with Gasteiger partial charge in [0.2, 0.25) is 0 Å². The molecule has 0 atom stereocenters. The lowest BCUT2D eigenvalue weighted by molar-refractivity contribution is -0.145. The molecule has 0 aliphatic heterocycles. The topological polar surface area (TPSA) is 87.7 Å². The Labute approximate surface area is 126 Å². The maximum Gasteiger partial charge on any atom is 0.329 e. The number of ether oxygens (including phenoxy) is 1. The first kappa shape index (κ1) is 17.8. The molecule has 0 aromatic rings. The molecule has 6 nitrogen and oxygen atoms in total. The second kappa shape index (κ2) is 9.60. The zero-order chi connectivity index (χ0) is 15.6. The molecule has 0 spiro atoms. The van der Waals surface area contributed by atoms with Gasteiger partial charge in [-0.2, -0.15) is 0 Å². The molecule has 0 bridgehead atoms. The van der Waals surface area contributed by atoms with Gasteiger partial charge in [0, 0.05) is 19.8 Å². The molecule has 0 unspecified atom stereocenters. The van der Waals surface area contributed by atoms with Gasteiger partial charge < -0.3 is 20.5 Å². The standard InChI is InChI=1S/C15H28N2O4/c1-2-3-11-21-12-7-10-16-14(20)17-15(13(18)19)8-5-4-6-9-15/h2-12H2,1H3,(H,18,19)(H2,16,17,20). The Morgan fingerprint density at radius 1 is 1.14 bits per heavy atom. The molecule has 2 amide bonds. The number of aliphatic carboxylic acids is 1. The van der Waals surface area contributed by atoms with Gasteiger partial charge in [0.05, 0.1) is 0 Å². The highest BCUT2D eigenvalue weighted by Crippen LogP contribution is 2.28. The van der Waals surface area contributed by atoms with Crippen LogP contribution in [-0.4, -0.2) is 42.4 Å². The first-order valence-corrected chi connectivity index (χ1v) is 7.98. The molecule has 0 aromatic heterocycles. The zero-order valence-corrected chi connectivity index (χ0v) is 13.0. The van der Waals surface area contributed by atoms with Gasteiger partial charge in [0.1, 0.15) is 5.54 Å². The Morgan fingerprint density at radius 2 is 1.81 bits per heavy atom. The number of carbonyl (C=O) groups excluding carboxylic acids is 1. The molecule has 6 heteroatoms. The van der Waals surface area contributed by atoms with Crippen molar-refractivity contribution in [2.45, 2.75) is 63.8 Å². The summed E-state index contributed by atoms with van der Waals surface area (Å²) in [7, 11) is 0. The minimum absolute atomic E-state index is 0.396. The number of hydrogen-bond acceptors (Lipinski definition) is 3. The van der Waals surface area contributed by atoms with Gasteiger partial charge in [-0.15, -0.1) is 0 Å². The molecule has 122 valence electrons. The second-order valence-corrected chi connectivity index (χ2v) is 5.65. The SMILES string of the molecule is CCCCOCCCNC(=O)NC1(C(=O)O)CCCCC1. The summed E-state index contributed by atoms with van der Waals surface area (Å²) in [5, 5.41) is 14.7. The van der Waals surface area contributed by atoms with Crippen molar-refractivity contribution in [1.82, 2.24) is 10.6 Å². The molecule has 0 saturated heterocycles. The summed E-state index contributed by atoms with van der Waals surface area (Å²) in [5.74, 6) is -0.930. The van der Waals surface area contributed by atoms with Crippen LogP contribution in [0, 0.1) is 0 Å². The number of unbranched alkanes of at least 4 members (excludes halogenated alkanes) is 1. The van der Waals surface area contributed by atoms with E-state index in [1.807, 2.05) is 0 Å². The van der Waals surface area contributed by atoms with Crippen molar-refractivity contribution in [2.75, 3.05) is 19.8 Å². The van der Waals surface area contributed by atoms with Crippen molar-refractivity contribution in [2.24, 2.45) is 0 Å². The summed E-state index contributed by atoms with van der Waals surface area (Å²) in [6.07, 6.45) is 6.64. The summed E-state index contributed by atoms with van der Waals surface area (Å²) in [6.45, 7) is 3.97. The summed E-state index contributed by atoms with van der Waals surface area (Å²) >= 11 is 0. The Morgan fingerprint density at radius 3 is 2.43 bits per heavy atom. The predicted octanol–water partition coefficient (Wildman–Crippen LogP) is 2.28. The quantitative estimate of drug-likeness (QED) is 0.570. The van der Waals surface area contributed by atoms with Gasteiger partial charge in [-0.1, -0.05) is 32.6 Å². The summed E-state index contributed by atoms with van der Waals surface area (Å²) < 4.78 is 5.40. The summed E-state index contributed by atoms with van der Waals surface area (Å²) in [4.78, 5) is 23.3. The number of carbonyl (C=O) groups is 2. The Bertz CT molecular complexity index is 328. The lowest BCUT2D eigenvalue weighted by Gasteiger charge is -2.33. The maximum absolute atomic E-state index is 11.8. The lowest BCUT2D eigenvalue weighted by atomic mass is 9.82.